The molecule has 4 rings (SSSR count). The van der Waals surface area contributed by atoms with Crippen molar-refractivity contribution in [2.75, 3.05) is 13.2 Å². The molecule has 1 aliphatic carbocycles. The molecule has 2 aromatic carbocycles. The molecule has 154 valence electrons. The molecule has 0 bridgehead atoms. The molecule has 0 fully saturated rings. The number of benzene rings is 2. The first-order valence-electron chi connectivity index (χ1n) is 10.1. The number of rotatable bonds is 7. The zero-order chi connectivity index (χ0) is 21.1. The average molecular weight is 421 g/mol. The third-order valence-electron chi connectivity index (χ3n) is 5.15. The smallest absolute Gasteiger partial charge is 0.173 e. The third kappa shape index (κ3) is 4.08. The standard InChI is InChI=1S/C23H24N4O2S/c1-14(2)29-21-9-6-15(12-16(21)13-24)23-26-22(27-30-23)19-5-3-4-18-17(19)7-8-20(18)25-10-11-28/h3-6,9,12,14,20,25,28H,7-8,10-11H2,1-2H3/t20-/m0/s1. The molecule has 1 atom stereocenters. The van der Waals surface area contributed by atoms with Gasteiger partial charge >= 0.3 is 0 Å². The number of aliphatic hydroxyl groups excluding tert-OH is 1. The molecule has 0 amide bonds. The summed E-state index contributed by atoms with van der Waals surface area (Å²) in [5.41, 5.74) is 4.95. The van der Waals surface area contributed by atoms with Gasteiger partial charge in [0.2, 0.25) is 0 Å². The zero-order valence-corrected chi connectivity index (χ0v) is 17.9. The fourth-order valence-corrected chi connectivity index (χ4v) is 4.54. The minimum Gasteiger partial charge on any atom is -0.490 e. The van der Waals surface area contributed by atoms with Crippen LogP contribution in [0.15, 0.2) is 36.4 Å². The highest BCUT2D eigenvalue weighted by Gasteiger charge is 2.25. The lowest BCUT2D eigenvalue weighted by molar-refractivity contribution is 0.242. The summed E-state index contributed by atoms with van der Waals surface area (Å²) in [7, 11) is 0. The number of hydrogen-bond acceptors (Lipinski definition) is 7. The van der Waals surface area contributed by atoms with Crippen LogP contribution in [-0.2, 0) is 6.42 Å². The molecule has 0 unspecified atom stereocenters. The molecule has 1 aliphatic rings. The van der Waals surface area contributed by atoms with Crippen molar-refractivity contribution in [1.82, 2.24) is 14.7 Å². The van der Waals surface area contributed by atoms with E-state index in [1.807, 2.05) is 38.1 Å². The summed E-state index contributed by atoms with van der Waals surface area (Å²) in [6.07, 6.45) is 1.97. The van der Waals surface area contributed by atoms with E-state index >= 15 is 0 Å². The van der Waals surface area contributed by atoms with Gasteiger partial charge in [0, 0.05) is 23.7 Å². The molecule has 6 nitrogen and oxygen atoms in total. The van der Waals surface area contributed by atoms with Gasteiger partial charge in [-0.2, -0.15) is 9.64 Å². The van der Waals surface area contributed by atoms with Crippen LogP contribution in [0, 0.1) is 11.3 Å². The van der Waals surface area contributed by atoms with Crippen LogP contribution in [0.2, 0.25) is 0 Å². The second-order valence-corrected chi connectivity index (χ2v) is 8.31. The Labute approximate surface area is 180 Å². The summed E-state index contributed by atoms with van der Waals surface area (Å²) in [4.78, 5) is 4.78. The summed E-state index contributed by atoms with van der Waals surface area (Å²) in [6.45, 7) is 4.60. The fraction of sp³-hybridized carbons (Fsp3) is 0.348. The minimum absolute atomic E-state index is 0.00644. The zero-order valence-electron chi connectivity index (χ0n) is 17.1. The first kappa shape index (κ1) is 20.5. The van der Waals surface area contributed by atoms with Crippen molar-refractivity contribution in [3.8, 4) is 33.8 Å². The van der Waals surface area contributed by atoms with E-state index in [1.54, 1.807) is 0 Å². The lowest BCUT2D eigenvalue weighted by Gasteiger charge is -2.13. The second-order valence-electron chi connectivity index (χ2n) is 7.55. The second kappa shape index (κ2) is 8.92. The maximum absolute atomic E-state index is 9.49. The van der Waals surface area contributed by atoms with Crippen LogP contribution in [0.5, 0.6) is 5.75 Å². The van der Waals surface area contributed by atoms with E-state index in [0.717, 1.165) is 34.8 Å². The van der Waals surface area contributed by atoms with Crippen molar-refractivity contribution in [2.45, 2.75) is 38.8 Å². The van der Waals surface area contributed by atoms with Gasteiger partial charge in [0.05, 0.1) is 18.3 Å². The van der Waals surface area contributed by atoms with Gasteiger partial charge < -0.3 is 15.2 Å². The number of nitrogens with one attached hydrogen (secondary N) is 1. The molecular weight excluding hydrogens is 396 g/mol. The fourth-order valence-electron chi connectivity index (χ4n) is 3.87. The topological polar surface area (TPSA) is 91.1 Å². The molecule has 1 heterocycles. The number of aliphatic hydroxyl groups is 1. The lowest BCUT2D eigenvalue weighted by Crippen LogP contribution is -2.22. The van der Waals surface area contributed by atoms with Gasteiger partial charge in [0.25, 0.3) is 0 Å². The van der Waals surface area contributed by atoms with Gasteiger partial charge in [0.15, 0.2) is 5.82 Å². The van der Waals surface area contributed by atoms with E-state index in [0.29, 0.717) is 17.9 Å². The van der Waals surface area contributed by atoms with Gasteiger partial charge in [-0.1, -0.05) is 18.2 Å². The Hall–Kier alpha value is -2.79. The van der Waals surface area contributed by atoms with E-state index in [1.165, 1.54) is 22.7 Å². The number of nitriles is 1. The van der Waals surface area contributed by atoms with Crippen LogP contribution in [0.4, 0.5) is 0 Å². The number of hydrogen-bond donors (Lipinski definition) is 2. The molecule has 0 saturated heterocycles. The van der Waals surface area contributed by atoms with Crippen molar-refractivity contribution in [3.63, 3.8) is 0 Å². The molecule has 30 heavy (non-hydrogen) atoms. The average Bonchev–Trinajstić information content (AvgIpc) is 3.39. The minimum atomic E-state index is 0.00644. The van der Waals surface area contributed by atoms with Gasteiger partial charge in [-0.15, -0.1) is 0 Å². The normalized spacial score (nSPS) is 15.2. The van der Waals surface area contributed by atoms with E-state index in [4.69, 9.17) is 14.8 Å². The van der Waals surface area contributed by atoms with Gasteiger partial charge in [0.1, 0.15) is 16.8 Å². The highest BCUT2D eigenvalue weighted by molar-refractivity contribution is 7.09. The van der Waals surface area contributed by atoms with Crippen LogP contribution in [0.1, 0.15) is 43.0 Å². The Bertz CT molecular complexity index is 1090. The molecular formula is C23H24N4O2S. The molecule has 0 aliphatic heterocycles. The van der Waals surface area contributed by atoms with Crippen molar-refractivity contribution in [1.29, 1.82) is 5.26 Å². The van der Waals surface area contributed by atoms with E-state index in [9.17, 15) is 5.26 Å². The van der Waals surface area contributed by atoms with Crippen LogP contribution < -0.4 is 10.1 Å². The monoisotopic (exact) mass is 420 g/mol. The molecule has 0 spiro atoms. The Morgan fingerprint density at radius 2 is 2.20 bits per heavy atom. The molecule has 0 saturated carbocycles. The number of ether oxygens (including phenoxy) is 1. The van der Waals surface area contributed by atoms with Crippen molar-refractivity contribution in [2.24, 2.45) is 0 Å². The Kier molecular flexibility index (Phi) is 6.09. The third-order valence-corrected chi connectivity index (χ3v) is 5.91. The number of fused-ring (bicyclic) bond motifs is 1. The summed E-state index contributed by atoms with van der Waals surface area (Å²) >= 11 is 1.34. The van der Waals surface area contributed by atoms with E-state index in [2.05, 4.69) is 27.9 Å². The molecule has 0 radical (unpaired) electrons. The SMILES string of the molecule is CC(C)Oc1ccc(-c2nc(-c3cccc4c3CC[C@@H]4NCCO)ns2)cc1C#N. The van der Waals surface area contributed by atoms with Crippen LogP contribution >= 0.6 is 11.5 Å². The van der Waals surface area contributed by atoms with Gasteiger partial charge in [-0.25, -0.2) is 4.98 Å². The Balaban J connectivity index is 1.63. The first-order chi connectivity index (χ1) is 14.6. The molecule has 3 aromatic rings. The predicted octanol–water partition coefficient (Wildman–Crippen LogP) is 4.10. The van der Waals surface area contributed by atoms with Crippen LogP contribution in [0.3, 0.4) is 0 Å². The predicted molar refractivity (Wildman–Crippen MR) is 117 cm³/mol. The number of aromatic nitrogens is 2. The quantitative estimate of drug-likeness (QED) is 0.598. The van der Waals surface area contributed by atoms with Crippen LogP contribution in [0.25, 0.3) is 22.0 Å². The molecule has 7 heteroatoms. The van der Waals surface area contributed by atoms with Gasteiger partial charge in [-0.05, 0) is 67.5 Å². The Morgan fingerprint density at radius 3 is 2.97 bits per heavy atom. The van der Waals surface area contributed by atoms with Crippen molar-refractivity contribution < 1.29 is 9.84 Å². The maximum atomic E-state index is 9.49. The lowest BCUT2D eigenvalue weighted by atomic mass is 10.0. The largest absolute Gasteiger partial charge is 0.490 e. The maximum Gasteiger partial charge on any atom is 0.173 e. The van der Waals surface area contributed by atoms with Crippen molar-refractivity contribution in [3.05, 3.63) is 53.1 Å². The highest BCUT2D eigenvalue weighted by atomic mass is 32.1. The highest BCUT2D eigenvalue weighted by Crippen LogP contribution is 2.38. The molecule has 2 N–H and O–H groups in total. The summed E-state index contributed by atoms with van der Waals surface area (Å²) in [5, 5.41) is 22.8. The first-order valence-corrected chi connectivity index (χ1v) is 10.9. The number of nitrogens with zero attached hydrogens (tertiary/aromatic N) is 3. The van der Waals surface area contributed by atoms with E-state index in [-0.39, 0.29) is 18.8 Å². The van der Waals surface area contributed by atoms with Gasteiger partial charge in [-0.3, -0.25) is 0 Å². The van der Waals surface area contributed by atoms with E-state index < -0.39 is 0 Å². The summed E-state index contributed by atoms with van der Waals surface area (Å²) in [6, 6.07) is 14.3. The van der Waals surface area contributed by atoms with Crippen LogP contribution in [-0.4, -0.2) is 33.7 Å². The summed E-state index contributed by atoms with van der Waals surface area (Å²) < 4.78 is 10.3. The van der Waals surface area contributed by atoms with Crippen molar-refractivity contribution >= 4 is 11.5 Å². The Morgan fingerprint density at radius 1 is 1.33 bits per heavy atom. The summed E-state index contributed by atoms with van der Waals surface area (Å²) in [5.74, 6) is 1.30. The molecule has 1 aromatic heterocycles.